The Kier molecular flexibility index (Phi) is 13.1. The van der Waals surface area contributed by atoms with Crippen molar-refractivity contribution >= 4 is 36.9 Å². The number of Topliss-reactive ketones (excluding diaryl/α,β-unsaturated/α-hetero) is 1. The third-order valence-corrected chi connectivity index (χ3v) is 4.93. The number of aldehydes is 1. The van der Waals surface area contributed by atoms with Crippen LogP contribution in [0.4, 0.5) is 0 Å². The molecule has 0 N–H and O–H groups in total. The predicted molar refractivity (Wildman–Crippen MR) is 148 cm³/mol. The van der Waals surface area contributed by atoms with Crippen molar-refractivity contribution in [2.75, 3.05) is 0 Å². The zero-order valence-corrected chi connectivity index (χ0v) is 21.1. The summed E-state index contributed by atoms with van der Waals surface area (Å²) >= 11 is 0. The van der Waals surface area contributed by atoms with E-state index in [2.05, 4.69) is 9.47 Å². The van der Waals surface area contributed by atoms with Gasteiger partial charge in [-0.1, -0.05) is 66.7 Å². The minimum atomic E-state index is -0.0958. The first-order valence-corrected chi connectivity index (χ1v) is 11.7. The van der Waals surface area contributed by atoms with Crippen molar-refractivity contribution in [1.82, 2.24) is 0 Å². The molecule has 0 fully saturated rings. The molecule has 0 atom stereocenters. The molecule has 4 aromatic carbocycles. The minimum Gasteiger partial charge on any atom is -0.429 e. The van der Waals surface area contributed by atoms with Crippen LogP contribution in [0.5, 0.6) is 11.5 Å². The summed E-state index contributed by atoms with van der Waals surface area (Å²) in [5, 5.41) is 0. The molecule has 0 amide bonds. The van der Waals surface area contributed by atoms with Crippen molar-refractivity contribution in [3.63, 3.8) is 0 Å². The van der Waals surface area contributed by atoms with Gasteiger partial charge in [0.2, 0.25) is 0 Å². The van der Waals surface area contributed by atoms with E-state index in [1.165, 1.54) is 13.0 Å². The molecule has 0 heterocycles. The number of carbonyl (C=O) groups is 5. The molecule has 0 aliphatic carbocycles. The Morgan fingerprint density at radius 1 is 0.564 bits per heavy atom. The lowest BCUT2D eigenvalue weighted by Gasteiger charge is -1.99. The monoisotopic (exact) mass is 522 g/mol. The van der Waals surface area contributed by atoms with Gasteiger partial charge in [0, 0.05) is 16.7 Å². The summed E-state index contributed by atoms with van der Waals surface area (Å²) in [5.41, 5.74) is 2.85. The van der Waals surface area contributed by atoms with E-state index in [1.54, 1.807) is 66.7 Å². The van der Waals surface area contributed by atoms with Gasteiger partial charge in [0.15, 0.2) is 11.6 Å². The number of ether oxygens (including phenoxy) is 2. The molecule has 0 spiro atoms. The van der Waals surface area contributed by atoms with E-state index >= 15 is 0 Å². The molecule has 4 aromatic rings. The van der Waals surface area contributed by atoms with Gasteiger partial charge in [-0.15, -0.1) is 0 Å². The summed E-state index contributed by atoms with van der Waals surface area (Å²) in [6, 6.07) is 31.5. The molecule has 4 rings (SSSR count). The van der Waals surface area contributed by atoms with Crippen molar-refractivity contribution in [2.24, 2.45) is 0 Å². The molecule has 0 unspecified atom stereocenters. The van der Waals surface area contributed by atoms with E-state index in [-0.39, 0.29) is 11.6 Å². The van der Waals surface area contributed by atoms with Crippen LogP contribution in [0.1, 0.15) is 43.6 Å². The van der Waals surface area contributed by atoms with Crippen molar-refractivity contribution < 1.29 is 33.4 Å². The standard InChI is InChI=1S/C16H12O3.C9H8O3.C7H6O/c17-12-19-15-9-7-14(8-10-15)16(18)11-6-13-4-2-1-3-5-13;1-7(11)8-2-4-9(5-3-8)12-6-10;8-6-7-4-2-1-3-5-7/h1-12H;2-6H,1H3;1-6H/b11-6+;;. The normalized spacial score (nSPS) is 9.56. The topological polar surface area (TPSA) is 104 Å². The molecule has 196 valence electrons. The fourth-order valence-corrected chi connectivity index (χ4v) is 2.94. The molecule has 0 aliphatic rings. The van der Waals surface area contributed by atoms with Crippen LogP contribution in [0.2, 0.25) is 0 Å². The third kappa shape index (κ3) is 11.4. The molecule has 0 saturated carbocycles. The number of allylic oxidation sites excluding steroid dienone is 1. The number of hydrogen-bond donors (Lipinski definition) is 0. The predicted octanol–water partition coefficient (Wildman–Crippen LogP) is 6.04. The maximum absolute atomic E-state index is 11.9. The summed E-state index contributed by atoms with van der Waals surface area (Å²) in [6.45, 7) is 2.19. The number of benzene rings is 4. The molecule has 7 heteroatoms. The Hall–Kier alpha value is -5.43. The molecule has 0 radical (unpaired) electrons. The van der Waals surface area contributed by atoms with Crippen LogP contribution in [-0.2, 0) is 9.59 Å². The first kappa shape index (κ1) is 29.8. The summed E-state index contributed by atoms with van der Waals surface area (Å²) in [7, 11) is 0. The first-order chi connectivity index (χ1) is 19.0. The van der Waals surface area contributed by atoms with E-state index in [1.807, 2.05) is 48.5 Å². The van der Waals surface area contributed by atoms with Crippen LogP contribution < -0.4 is 9.47 Å². The highest BCUT2D eigenvalue weighted by atomic mass is 16.5. The lowest BCUT2D eigenvalue weighted by Crippen LogP contribution is -1.95. The summed E-state index contributed by atoms with van der Waals surface area (Å²) in [6.07, 6.45) is 4.11. The lowest BCUT2D eigenvalue weighted by molar-refractivity contribution is -0.121. The molecule has 7 nitrogen and oxygen atoms in total. The lowest BCUT2D eigenvalue weighted by atomic mass is 10.1. The average molecular weight is 523 g/mol. The van der Waals surface area contributed by atoms with Crippen LogP contribution in [-0.4, -0.2) is 30.8 Å². The summed E-state index contributed by atoms with van der Waals surface area (Å²) in [5.74, 6) is 0.753. The van der Waals surface area contributed by atoms with Crippen molar-refractivity contribution in [3.8, 4) is 11.5 Å². The molecule has 0 saturated heterocycles. The van der Waals surface area contributed by atoms with E-state index in [0.717, 1.165) is 17.4 Å². The summed E-state index contributed by atoms with van der Waals surface area (Å²) < 4.78 is 9.21. The highest BCUT2D eigenvalue weighted by Crippen LogP contribution is 2.13. The Bertz CT molecular complexity index is 1360. The van der Waals surface area contributed by atoms with Gasteiger partial charge in [-0.3, -0.25) is 24.0 Å². The largest absolute Gasteiger partial charge is 0.429 e. The first-order valence-electron chi connectivity index (χ1n) is 11.7. The number of ketones is 2. The Balaban J connectivity index is 0.000000227. The molecular formula is C32H26O7. The fourth-order valence-electron chi connectivity index (χ4n) is 2.94. The van der Waals surface area contributed by atoms with Gasteiger partial charge in [0.25, 0.3) is 12.9 Å². The zero-order chi connectivity index (χ0) is 28.3. The Labute approximate surface area is 226 Å². The van der Waals surface area contributed by atoms with E-state index < -0.39 is 0 Å². The third-order valence-electron chi connectivity index (χ3n) is 4.93. The van der Waals surface area contributed by atoms with Gasteiger partial charge in [-0.25, -0.2) is 0 Å². The van der Waals surface area contributed by atoms with Gasteiger partial charge >= 0.3 is 0 Å². The van der Waals surface area contributed by atoms with Gasteiger partial charge in [0.1, 0.15) is 17.8 Å². The molecular weight excluding hydrogens is 496 g/mol. The quantitative estimate of drug-likeness (QED) is 0.150. The maximum Gasteiger partial charge on any atom is 0.298 e. The highest BCUT2D eigenvalue weighted by molar-refractivity contribution is 6.06. The van der Waals surface area contributed by atoms with Crippen LogP contribution >= 0.6 is 0 Å². The SMILES string of the molecule is CC(=O)c1ccc(OC=O)cc1.O=COc1ccc(C(=O)/C=C/c2ccccc2)cc1.O=Cc1ccccc1. The molecule has 0 bridgehead atoms. The second kappa shape index (κ2) is 17.1. The highest BCUT2D eigenvalue weighted by Gasteiger charge is 2.02. The molecule has 0 aliphatic heterocycles. The maximum atomic E-state index is 11.9. The van der Waals surface area contributed by atoms with Crippen LogP contribution in [0.25, 0.3) is 6.08 Å². The van der Waals surface area contributed by atoms with Gasteiger partial charge in [-0.2, -0.15) is 0 Å². The number of carbonyl (C=O) groups excluding carboxylic acids is 5. The zero-order valence-electron chi connectivity index (χ0n) is 21.1. The minimum absolute atomic E-state index is 0.00680. The average Bonchev–Trinajstić information content (AvgIpc) is 2.98. The molecule has 0 aromatic heterocycles. The fraction of sp³-hybridized carbons (Fsp3) is 0.0312. The second-order valence-electron chi connectivity index (χ2n) is 7.67. The number of rotatable bonds is 9. The number of hydrogen-bond acceptors (Lipinski definition) is 7. The van der Waals surface area contributed by atoms with E-state index in [4.69, 9.17) is 0 Å². The van der Waals surface area contributed by atoms with Crippen LogP contribution in [0, 0.1) is 0 Å². The van der Waals surface area contributed by atoms with E-state index in [9.17, 15) is 24.0 Å². The van der Waals surface area contributed by atoms with Gasteiger partial charge in [-0.05, 0) is 67.1 Å². The van der Waals surface area contributed by atoms with E-state index in [0.29, 0.717) is 35.6 Å². The van der Waals surface area contributed by atoms with Crippen LogP contribution in [0.3, 0.4) is 0 Å². The van der Waals surface area contributed by atoms with Crippen molar-refractivity contribution in [3.05, 3.63) is 138 Å². The van der Waals surface area contributed by atoms with Crippen molar-refractivity contribution in [2.45, 2.75) is 6.92 Å². The smallest absolute Gasteiger partial charge is 0.298 e. The Morgan fingerprint density at radius 3 is 1.38 bits per heavy atom. The molecule has 39 heavy (non-hydrogen) atoms. The van der Waals surface area contributed by atoms with Crippen LogP contribution in [0.15, 0.2) is 115 Å². The Morgan fingerprint density at radius 2 is 1.00 bits per heavy atom. The second-order valence-corrected chi connectivity index (χ2v) is 7.67. The van der Waals surface area contributed by atoms with Gasteiger partial charge < -0.3 is 9.47 Å². The summed E-state index contributed by atoms with van der Waals surface area (Å²) in [4.78, 5) is 52.8. The van der Waals surface area contributed by atoms with Gasteiger partial charge in [0.05, 0.1) is 0 Å². The van der Waals surface area contributed by atoms with Crippen molar-refractivity contribution in [1.29, 1.82) is 0 Å².